The van der Waals surface area contributed by atoms with Crippen molar-refractivity contribution < 1.29 is 38.5 Å². The van der Waals surface area contributed by atoms with Crippen molar-refractivity contribution in [2.24, 2.45) is 17.8 Å². The van der Waals surface area contributed by atoms with E-state index in [0.29, 0.717) is 15.9 Å². The SMILES string of the molecule is CC(NC(=O)OCc1ccccc1[N+](=O)[O-])C1C(=O)N(CP(C(=O)OCc2ccccc2[N+](=O)[O-])(c2ccccc2)(c2ccccc2)c2ccccc2)C1C(C)C(=O)C1CC1. The number of nitro groups is 2. The molecule has 5 aromatic carbocycles. The number of hydrogen-bond donors (Lipinski definition) is 1. The van der Waals surface area contributed by atoms with Crippen LogP contribution in [0.15, 0.2) is 140 Å². The standard InChI is InChI=1S/C46H45N4O10P/c1-31(43(51)33-26-27-33)42-41(32(2)47-45(53)59-28-34-16-12-14-24-39(34)49(55)56)44(52)48(42)30-61(36-18-6-3-7-19-36,37-20-8-4-9-21-37,38-22-10-5-11-23-38)46(54)60-29-35-17-13-15-25-40(35)50(57)58/h3-25,31-33,41-42H,26-30H2,1-2H3,(H,47,53). The summed E-state index contributed by atoms with van der Waals surface area (Å²) in [7, 11) is 0. The molecule has 1 saturated heterocycles. The molecule has 1 saturated carbocycles. The van der Waals surface area contributed by atoms with Gasteiger partial charge in [-0.15, -0.1) is 0 Å². The molecule has 7 rings (SSSR count). The Labute approximate surface area is 352 Å². The molecule has 14 nitrogen and oxygen atoms in total. The Morgan fingerprint density at radius 3 is 1.56 bits per heavy atom. The molecule has 2 amide bonds. The van der Waals surface area contributed by atoms with Crippen LogP contribution in [0.25, 0.3) is 0 Å². The van der Waals surface area contributed by atoms with Gasteiger partial charge in [0.2, 0.25) is 0 Å². The van der Waals surface area contributed by atoms with E-state index in [0.717, 1.165) is 12.8 Å². The van der Waals surface area contributed by atoms with Crippen LogP contribution in [-0.2, 0) is 32.3 Å². The quantitative estimate of drug-likeness (QED) is 0.0428. The van der Waals surface area contributed by atoms with E-state index < -0.39 is 71.3 Å². The van der Waals surface area contributed by atoms with E-state index in [1.165, 1.54) is 36.4 Å². The second-order valence-corrected chi connectivity index (χ2v) is 20.4. The predicted octanol–water partition coefficient (Wildman–Crippen LogP) is 7.38. The van der Waals surface area contributed by atoms with Gasteiger partial charge in [-0.05, 0) is 0 Å². The van der Waals surface area contributed by atoms with Crippen molar-refractivity contribution in [3.8, 4) is 0 Å². The fraction of sp³-hybridized carbons (Fsp3) is 0.261. The van der Waals surface area contributed by atoms with Crippen molar-refractivity contribution in [2.75, 3.05) is 6.29 Å². The van der Waals surface area contributed by atoms with E-state index in [1.807, 2.05) is 54.6 Å². The van der Waals surface area contributed by atoms with Gasteiger partial charge in [0.05, 0.1) is 0 Å². The topological polar surface area (TPSA) is 188 Å². The summed E-state index contributed by atoms with van der Waals surface area (Å²) in [5.41, 5.74) is -0.746. The van der Waals surface area contributed by atoms with Gasteiger partial charge in [0.1, 0.15) is 0 Å². The number of nitrogens with zero attached hydrogens (tertiary/aromatic N) is 3. The number of carbonyl (C=O) groups is 4. The molecule has 61 heavy (non-hydrogen) atoms. The number of alkyl carbamates (subject to hydrolysis) is 1. The molecule has 15 heteroatoms. The molecule has 2 aliphatic rings. The Balaban J connectivity index is 1.33. The minimum atomic E-state index is -4.80. The van der Waals surface area contributed by atoms with Crippen molar-refractivity contribution in [2.45, 2.75) is 52.0 Å². The molecule has 0 spiro atoms. The van der Waals surface area contributed by atoms with Crippen LogP contribution in [0.3, 0.4) is 0 Å². The van der Waals surface area contributed by atoms with Gasteiger partial charge in [-0.1, -0.05) is 6.07 Å². The summed E-state index contributed by atoms with van der Waals surface area (Å²) in [6.07, 6.45) is 0.301. The van der Waals surface area contributed by atoms with Crippen LogP contribution >= 0.6 is 6.60 Å². The van der Waals surface area contributed by atoms with E-state index >= 15 is 4.79 Å². The monoisotopic (exact) mass is 844 g/mol. The second-order valence-electron chi connectivity index (χ2n) is 15.6. The zero-order valence-corrected chi connectivity index (χ0v) is 34.5. The average molecular weight is 845 g/mol. The van der Waals surface area contributed by atoms with Crippen molar-refractivity contribution in [3.63, 3.8) is 0 Å². The van der Waals surface area contributed by atoms with Gasteiger partial charge in [0.15, 0.2) is 0 Å². The number of nitro benzene ring substituents is 2. The first-order chi connectivity index (χ1) is 29.4. The Morgan fingerprint density at radius 1 is 0.689 bits per heavy atom. The Bertz CT molecular complexity index is 2370. The molecule has 1 N–H and O–H groups in total. The molecule has 2 fully saturated rings. The van der Waals surface area contributed by atoms with Crippen LogP contribution in [0.4, 0.5) is 21.0 Å². The van der Waals surface area contributed by atoms with Crippen molar-refractivity contribution in [1.82, 2.24) is 10.2 Å². The van der Waals surface area contributed by atoms with Gasteiger partial charge in [-0.2, -0.15) is 0 Å². The van der Waals surface area contributed by atoms with E-state index in [1.54, 1.807) is 67.3 Å². The fourth-order valence-electron chi connectivity index (χ4n) is 8.77. The van der Waals surface area contributed by atoms with Gasteiger partial charge in [-0.25, -0.2) is 0 Å². The molecule has 0 radical (unpaired) electrons. The summed E-state index contributed by atoms with van der Waals surface area (Å²) in [4.78, 5) is 82.3. The summed E-state index contributed by atoms with van der Waals surface area (Å²) in [6, 6.07) is 37.5. The van der Waals surface area contributed by atoms with Crippen LogP contribution < -0.4 is 21.2 Å². The van der Waals surface area contributed by atoms with Gasteiger partial charge in [0, 0.05) is 0 Å². The zero-order chi connectivity index (χ0) is 43.3. The summed E-state index contributed by atoms with van der Waals surface area (Å²) in [5, 5.41) is 28.1. The maximum absolute atomic E-state index is 15.9. The van der Waals surface area contributed by atoms with Crippen LogP contribution in [0, 0.1) is 38.0 Å². The third-order valence-electron chi connectivity index (χ3n) is 12.0. The van der Waals surface area contributed by atoms with Crippen molar-refractivity contribution in [3.05, 3.63) is 171 Å². The minimum absolute atomic E-state index is 0.0305. The third-order valence-corrected chi connectivity index (χ3v) is 18.1. The first kappa shape index (κ1) is 42.3. The van der Waals surface area contributed by atoms with Crippen LogP contribution in [-0.4, -0.2) is 56.6 Å². The molecule has 0 bridgehead atoms. The fourth-order valence-corrected chi connectivity index (χ4v) is 14.7. The Morgan fingerprint density at radius 2 is 1.11 bits per heavy atom. The normalized spacial score (nSPS) is 17.7. The van der Waals surface area contributed by atoms with Crippen LogP contribution in [0.5, 0.6) is 0 Å². The zero-order valence-electron chi connectivity index (χ0n) is 33.6. The van der Waals surface area contributed by atoms with Crippen LogP contribution in [0.1, 0.15) is 37.8 Å². The van der Waals surface area contributed by atoms with Gasteiger partial charge in [-0.3, -0.25) is 10.1 Å². The molecule has 4 unspecified atom stereocenters. The summed E-state index contributed by atoms with van der Waals surface area (Å²) < 4.78 is 11.8. The molecule has 314 valence electrons. The Hall–Kier alpha value is -6.79. The summed E-state index contributed by atoms with van der Waals surface area (Å²) >= 11 is 0. The number of ketones is 1. The molecule has 1 heterocycles. The van der Waals surface area contributed by atoms with Crippen molar-refractivity contribution >= 4 is 57.4 Å². The molecule has 4 atom stereocenters. The Kier molecular flexibility index (Phi) is 12.1. The summed E-state index contributed by atoms with van der Waals surface area (Å²) in [5.74, 6) is -2.27. The number of β-lactam (4-membered cyclic amide) rings is 1. The number of para-hydroxylation sites is 2. The molecule has 5 aromatic rings. The van der Waals surface area contributed by atoms with Gasteiger partial charge < -0.3 is 0 Å². The van der Waals surface area contributed by atoms with E-state index in [-0.39, 0.29) is 40.5 Å². The molecule has 1 aliphatic carbocycles. The van der Waals surface area contributed by atoms with Gasteiger partial charge in [0.25, 0.3) is 0 Å². The summed E-state index contributed by atoms with van der Waals surface area (Å²) in [6.45, 7) is -2.22. The number of nitrogens with one attached hydrogen (secondary N) is 1. The van der Waals surface area contributed by atoms with E-state index in [2.05, 4.69) is 5.32 Å². The first-order valence-corrected chi connectivity index (χ1v) is 22.4. The number of carbonyl (C=O) groups excluding carboxylic acids is 4. The molecular formula is C46H45N4O10P. The third kappa shape index (κ3) is 7.75. The van der Waals surface area contributed by atoms with E-state index in [4.69, 9.17) is 9.47 Å². The predicted molar refractivity (Wildman–Crippen MR) is 230 cm³/mol. The number of benzene rings is 5. The van der Waals surface area contributed by atoms with Gasteiger partial charge >= 0.3 is 337 Å². The van der Waals surface area contributed by atoms with E-state index in [9.17, 15) is 34.6 Å². The van der Waals surface area contributed by atoms with Crippen molar-refractivity contribution in [1.29, 1.82) is 0 Å². The van der Waals surface area contributed by atoms with Crippen LogP contribution in [0.2, 0.25) is 0 Å². The maximum atomic E-state index is 15.9. The number of likely N-dealkylation sites (tertiary alicyclic amines) is 1. The number of Topliss-reactive ketones (excluding diaryl/α,β-unsaturated/α-hetero) is 1. The number of hydrogen-bond acceptors (Lipinski definition) is 10. The number of ether oxygens (including phenoxy) is 2. The molecular weight excluding hydrogens is 799 g/mol. The second kappa shape index (κ2) is 17.4. The molecule has 1 aliphatic heterocycles. The number of rotatable bonds is 17. The molecule has 0 aromatic heterocycles. The number of amides is 2. The average Bonchev–Trinajstić information content (AvgIpc) is 4.14. The first-order valence-electron chi connectivity index (χ1n) is 20.0.